The van der Waals surface area contributed by atoms with Crippen molar-refractivity contribution >= 4 is 25.4 Å². The number of nitrogens with one attached hydrogen (secondary N) is 1. The van der Waals surface area contributed by atoms with E-state index in [1.54, 1.807) is 36.4 Å². The highest BCUT2D eigenvalue weighted by Gasteiger charge is 2.48. The Morgan fingerprint density at radius 2 is 1.39 bits per heavy atom. The molecule has 0 heterocycles. The molecule has 11 heteroatoms. The molecule has 28 heavy (non-hydrogen) atoms. The van der Waals surface area contributed by atoms with Gasteiger partial charge in [0.05, 0.1) is 0 Å². The lowest BCUT2D eigenvalue weighted by Crippen LogP contribution is -2.43. The molecule has 0 spiro atoms. The molecule has 148 valence electrons. The van der Waals surface area contributed by atoms with Crippen LogP contribution < -0.4 is 10.5 Å². The van der Waals surface area contributed by atoms with Gasteiger partial charge in [0.25, 0.3) is 0 Å². The zero-order chi connectivity index (χ0) is 21.1. The molecular weight excluding hydrogens is 391 g/mol. The number of rotatable bonds is 8. The molecule has 7 N–H and O–H groups in total. The van der Waals surface area contributed by atoms with Crippen molar-refractivity contribution in [1.29, 1.82) is 5.41 Å². The Balaban J connectivity index is 2.26. The minimum Gasteiger partial charge on any atom is -0.480 e. The van der Waals surface area contributed by atoms with E-state index in [1.165, 1.54) is 12.1 Å². The number of hydrogen-bond donors (Lipinski definition) is 6. The first-order valence-corrected chi connectivity index (χ1v) is 9.41. The lowest BCUT2D eigenvalue weighted by atomic mass is 10.0. The molecule has 0 amide bonds. The minimum absolute atomic E-state index is 0.0730. The summed E-state index contributed by atoms with van der Waals surface area (Å²) >= 11 is 0. The van der Waals surface area contributed by atoms with Gasteiger partial charge >= 0.3 is 19.5 Å². The third-order valence-electron chi connectivity index (χ3n) is 3.79. The number of hydrogen-bond acceptors (Lipinski definition) is 5. The Labute approximate surface area is 158 Å². The van der Waals surface area contributed by atoms with E-state index in [0.717, 1.165) is 5.56 Å². The number of carboxylic acid groups (broad SMARTS) is 2. The van der Waals surface area contributed by atoms with Crippen LogP contribution in [-0.2, 0) is 14.2 Å². The van der Waals surface area contributed by atoms with Gasteiger partial charge in [-0.3, -0.25) is 14.8 Å². The lowest BCUT2D eigenvalue weighted by Gasteiger charge is -2.22. The van der Waals surface area contributed by atoms with Crippen LogP contribution in [0.5, 0.6) is 5.75 Å². The Kier molecular flexibility index (Phi) is 6.19. The number of carbonyl (C=O) groups is 2. The van der Waals surface area contributed by atoms with Crippen LogP contribution in [0.25, 0.3) is 11.1 Å². The van der Waals surface area contributed by atoms with Crippen LogP contribution in [0.2, 0.25) is 0 Å². The largest absolute Gasteiger partial charge is 0.480 e. The first kappa shape index (κ1) is 21.1. The Morgan fingerprint density at radius 3 is 1.75 bits per heavy atom. The minimum atomic E-state index is -5.28. The summed E-state index contributed by atoms with van der Waals surface area (Å²) < 4.78 is 16.4. The molecule has 2 rings (SSSR count). The van der Waals surface area contributed by atoms with Crippen LogP contribution in [0.4, 0.5) is 0 Å². The van der Waals surface area contributed by atoms with Gasteiger partial charge in [-0.15, -0.1) is 0 Å². The molecule has 0 aliphatic heterocycles. The fraction of sp³-hybridized carbons (Fsp3) is 0.118. The highest BCUT2D eigenvalue weighted by Crippen LogP contribution is 2.44. The first-order valence-electron chi connectivity index (χ1n) is 7.73. The predicted octanol–water partition coefficient (Wildman–Crippen LogP) is 1.10. The monoisotopic (exact) mass is 408 g/mol. The summed E-state index contributed by atoms with van der Waals surface area (Å²) in [6.45, 7) is 0. The van der Waals surface area contributed by atoms with Crippen LogP contribution >= 0.6 is 7.60 Å². The van der Waals surface area contributed by atoms with E-state index in [-0.39, 0.29) is 11.6 Å². The average molecular weight is 408 g/mol. The quantitative estimate of drug-likeness (QED) is 0.211. The van der Waals surface area contributed by atoms with Gasteiger partial charge < -0.3 is 30.5 Å². The molecule has 0 aliphatic rings. The summed E-state index contributed by atoms with van der Waals surface area (Å²) in [5.41, 5.74) is 4.86. The number of carboxylic acids is 2. The zero-order valence-corrected chi connectivity index (χ0v) is 15.1. The van der Waals surface area contributed by atoms with E-state index < -0.39 is 31.3 Å². The van der Waals surface area contributed by atoms with Crippen LogP contribution in [0.15, 0.2) is 48.5 Å². The van der Waals surface area contributed by atoms with Crippen molar-refractivity contribution < 1.29 is 38.9 Å². The van der Waals surface area contributed by atoms with Crippen LogP contribution in [-0.4, -0.2) is 49.5 Å². The van der Waals surface area contributed by atoms with Gasteiger partial charge in [-0.05, 0) is 23.3 Å². The second kappa shape index (κ2) is 8.22. The van der Waals surface area contributed by atoms with Crippen molar-refractivity contribution in [3.8, 4) is 16.9 Å². The van der Waals surface area contributed by atoms with Crippen molar-refractivity contribution in [2.45, 2.75) is 11.8 Å². The summed E-state index contributed by atoms with van der Waals surface area (Å²) in [6, 6.07) is 12.6. The van der Waals surface area contributed by atoms with Crippen LogP contribution in [0.3, 0.4) is 0 Å². The van der Waals surface area contributed by atoms with Crippen molar-refractivity contribution in [2.24, 2.45) is 5.73 Å². The van der Waals surface area contributed by atoms with E-state index in [0.29, 0.717) is 11.1 Å². The van der Waals surface area contributed by atoms with Crippen molar-refractivity contribution in [3.05, 3.63) is 54.1 Å². The van der Waals surface area contributed by atoms with Crippen molar-refractivity contribution in [3.63, 3.8) is 0 Å². The number of amidine groups is 1. The molecule has 2 unspecified atom stereocenters. The fourth-order valence-corrected chi connectivity index (χ4v) is 3.24. The van der Waals surface area contributed by atoms with Gasteiger partial charge in [0.15, 0.2) is 0 Å². The van der Waals surface area contributed by atoms with Crippen molar-refractivity contribution in [1.82, 2.24) is 0 Å². The maximum atomic E-state index is 11.4. The van der Waals surface area contributed by atoms with Gasteiger partial charge in [-0.2, -0.15) is 0 Å². The molecule has 2 atom stereocenters. The standard InChI is InChI=1S/C17H17N2O8P/c18-15(19)11-3-1-9(2-4-11)10-5-7-12(8-6-10)27-13(16(20)21)14(17(22)23)28(24,25)26/h1-8,13-14H,(H3,18,19)(H,20,21)(H,22,23)(H2,24,25,26). The average Bonchev–Trinajstić information content (AvgIpc) is 2.60. The zero-order valence-electron chi connectivity index (χ0n) is 14.2. The Hall–Kier alpha value is -3.20. The number of benzene rings is 2. The summed E-state index contributed by atoms with van der Waals surface area (Å²) in [6.07, 6.45) is -2.28. The third-order valence-corrected chi connectivity index (χ3v) is 5.01. The molecular formula is C17H17N2O8P. The molecule has 0 fully saturated rings. The molecule has 2 aromatic rings. The summed E-state index contributed by atoms with van der Waals surface area (Å²) in [5.74, 6) is -3.95. The summed E-state index contributed by atoms with van der Waals surface area (Å²) in [5, 5.41) is 25.5. The normalized spacial score (nSPS) is 13.4. The maximum Gasteiger partial charge on any atom is 0.346 e. The summed E-state index contributed by atoms with van der Waals surface area (Å²) in [4.78, 5) is 40.8. The van der Waals surface area contributed by atoms with Crippen LogP contribution in [0, 0.1) is 5.41 Å². The predicted molar refractivity (Wildman–Crippen MR) is 98.4 cm³/mol. The van der Waals surface area contributed by atoms with Gasteiger partial charge in [0.1, 0.15) is 11.6 Å². The number of nitrogens with two attached hydrogens (primary N) is 1. The third kappa shape index (κ3) is 4.95. The van der Waals surface area contributed by atoms with E-state index in [9.17, 15) is 14.2 Å². The summed E-state index contributed by atoms with van der Waals surface area (Å²) in [7, 11) is -5.28. The van der Waals surface area contributed by atoms with E-state index in [4.69, 9.17) is 35.9 Å². The Bertz CT molecular complexity index is 937. The van der Waals surface area contributed by atoms with E-state index in [1.807, 2.05) is 0 Å². The molecule has 0 radical (unpaired) electrons. The second-order valence-corrected chi connectivity index (χ2v) is 7.50. The smallest absolute Gasteiger partial charge is 0.346 e. The first-order chi connectivity index (χ1) is 13.0. The van der Waals surface area contributed by atoms with Gasteiger partial charge in [-0.1, -0.05) is 36.4 Å². The number of aliphatic carboxylic acids is 2. The number of nitrogen functional groups attached to an aromatic ring is 1. The molecule has 2 aromatic carbocycles. The molecule has 0 aromatic heterocycles. The highest BCUT2D eigenvalue weighted by atomic mass is 31.2. The topological polar surface area (TPSA) is 191 Å². The van der Waals surface area contributed by atoms with E-state index >= 15 is 0 Å². The molecule has 0 aliphatic carbocycles. The van der Waals surface area contributed by atoms with E-state index in [2.05, 4.69) is 0 Å². The van der Waals surface area contributed by atoms with Gasteiger partial charge in [-0.25, -0.2) is 4.79 Å². The fourth-order valence-electron chi connectivity index (χ4n) is 2.41. The number of ether oxygens (including phenoxy) is 1. The lowest BCUT2D eigenvalue weighted by molar-refractivity contribution is -0.151. The SMILES string of the molecule is N=C(N)c1ccc(-c2ccc(OC(C(=O)O)C(C(=O)O)P(=O)(O)O)cc2)cc1. The second-order valence-electron chi connectivity index (χ2n) is 5.76. The van der Waals surface area contributed by atoms with Gasteiger partial charge in [0, 0.05) is 5.56 Å². The molecule has 10 nitrogen and oxygen atoms in total. The van der Waals surface area contributed by atoms with Gasteiger partial charge in [0.2, 0.25) is 11.8 Å². The highest BCUT2D eigenvalue weighted by molar-refractivity contribution is 7.53. The van der Waals surface area contributed by atoms with Crippen LogP contribution in [0.1, 0.15) is 5.56 Å². The Morgan fingerprint density at radius 1 is 0.929 bits per heavy atom. The van der Waals surface area contributed by atoms with Crippen molar-refractivity contribution in [2.75, 3.05) is 0 Å². The molecule has 0 saturated carbocycles. The molecule has 0 saturated heterocycles. The maximum absolute atomic E-state index is 11.4. The molecule has 0 bridgehead atoms.